The summed E-state index contributed by atoms with van der Waals surface area (Å²) in [6.07, 6.45) is 4.40. The maximum absolute atomic E-state index is 12.3. The zero-order valence-electron chi connectivity index (χ0n) is 12.6. The molecular formula is C17H24INO. The molecule has 2 nitrogen and oxygen atoms in total. The molecule has 0 heterocycles. The lowest BCUT2D eigenvalue weighted by Crippen LogP contribution is -2.31. The Morgan fingerprint density at radius 3 is 2.15 bits per heavy atom. The molecule has 1 fully saturated rings. The molecule has 1 saturated carbocycles. The van der Waals surface area contributed by atoms with Crippen molar-refractivity contribution in [2.45, 2.75) is 46.5 Å². The minimum absolute atomic E-state index is 0.188. The van der Waals surface area contributed by atoms with Crippen molar-refractivity contribution in [3.8, 4) is 0 Å². The zero-order chi connectivity index (χ0) is 14.8. The van der Waals surface area contributed by atoms with Gasteiger partial charge in [-0.05, 0) is 83.9 Å². The molecule has 0 radical (unpaired) electrons. The highest BCUT2D eigenvalue weighted by molar-refractivity contribution is 14.1. The summed E-state index contributed by atoms with van der Waals surface area (Å²) in [6, 6.07) is 7.99. The fourth-order valence-corrected chi connectivity index (χ4v) is 3.36. The monoisotopic (exact) mass is 385 g/mol. The first-order valence-corrected chi connectivity index (χ1v) is 8.50. The zero-order valence-corrected chi connectivity index (χ0v) is 14.7. The molecule has 0 bridgehead atoms. The number of rotatable bonds is 2. The largest absolute Gasteiger partial charge is 0.326 e. The number of benzene rings is 1. The van der Waals surface area contributed by atoms with Gasteiger partial charge in [0.05, 0.1) is 0 Å². The summed E-state index contributed by atoms with van der Waals surface area (Å²) in [5.41, 5.74) is 1.28. The first-order chi connectivity index (χ1) is 9.36. The molecule has 0 unspecified atom stereocenters. The molecule has 20 heavy (non-hydrogen) atoms. The molecular weight excluding hydrogens is 361 g/mol. The fourth-order valence-electron chi connectivity index (χ4n) is 3.00. The standard InChI is InChI=1S/C17H24INO/c1-17(2,3)13-6-4-12(5-7-13)16(20)19-15-10-8-14(18)9-11-15/h8-13H,4-7H2,1-3H3,(H,19,20). The van der Waals surface area contributed by atoms with Gasteiger partial charge < -0.3 is 5.32 Å². The van der Waals surface area contributed by atoms with Crippen LogP contribution in [0, 0.1) is 20.8 Å². The van der Waals surface area contributed by atoms with E-state index >= 15 is 0 Å². The van der Waals surface area contributed by atoms with Crippen molar-refractivity contribution >= 4 is 34.2 Å². The molecule has 3 heteroatoms. The third-order valence-corrected chi connectivity index (χ3v) is 5.15. The minimum atomic E-state index is 0.188. The van der Waals surface area contributed by atoms with Crippen LogP contribution < -0.4 is 5.32 Å². The second-order valence-corrected chi connectivity index (χ2v) is 8.16. The van der Waals surface area contributed by atoms with Crippen LogP contribution in [0.4, 0.5) is 5.69 Å². The molecule has 1 amide bonds. The van der Waals surface area contributed by atoms with Gasteiger partial charge in [0.1, 0.15) is 0 Å². The van der Waals surface area contributed by atoms with Gasteiger partial charge in [-0.3, -0.25) is 4.79 Å². The van der Waals surface area contributed by atoms with Crippen molar-refractivity contribution in [3.63, 3.8) is 0 Å². The Balaban J connectivity index is 1.87. The van der Waals surface area contributed by atoms with E-state index in [1.165, 1.54) is 16.4 Å². The van der Waals surface area contributed by atoms with Crippen molar-refractivity contribution in [3.05, 3.63) is 27.8 Å². The van der Waals surface area contributed by atoms with Gasteiger partial charge in [-0.1, -0.05) is 20.8 Å². The molecule has 0 atom stereocenters. The minimum Gasteiger partial charge on any atom is -0.326 e. The first-order valence-electron chi connectivity index (χ1n) is 7.42. The molecule has 0 aromatic heterocycles. The van der Waals surface area contributed by atoms with Crippen molar-refractivity contribution < 1.29 is 4.79 Å². The average Bonchev–Trinajstić information content (AvgIpc) is 2.40. The second-order valence-electron chi connectivity index (χ2n) is 6.91. The van der Waals surface area contributed by atoms with E-state index in [9.17, 15) is 4.79 Å². The lowest BCUT2D eigenvalue weighted by Gasteiger charge is -2.36. The molecule has 2 rings (SSSR count). The Morgan fingerprint density at radius 2 is 1.65 bits per heavy atom. The van der Waals surface area contributed by atoms with Crippen LogP contribution in [0.25, 0.3) is 0 Å². The molecule has 0 spiro atoms. The Kier molecular flexibility index (Phi) is 5.10. The maximum Gasteiger partial charge on any atom is 0.227 e. The molecule has 1 aliphatic rings. The SMILES string of the molecule is CC(C)(C)C1CCC(C(=O)Nc2ccc(I)cc2)CC1. The molecule has 1 aromatic rings. The molecule has 0 aliphatic heterocycles. The summed E-state index contributed by atoms with van der Waals surface area (Å²) in [6.45, 7) is 6.93. The summed E-state index contributed by atoms with van der Waals surface area (Å²) < 4.78 is 1.19. The number of hydrogen-bond donors (Lipinski definition) is 1. The van der Waals surface area contributed by atoms with Crippen LogP contribution in [0.2, 0.25) is 0 Å². The van der Waals surface area contributed by atoms with E-state index in [1.54, 1.807) is 0 Å². The van der Waals surface area contributed by atoms with E-state index in [4.69, 9.17) is 0 Å². The third kappa shape index (κ3) is 4.21. The van der Waals surface area contributed by atoms with E-state index in [1.807, 2.05) is 24.3 Å². The van der Waals surface area contributed by atoms with E-state index in [0.717, 1.165) is 24.4 Å². The lowest BCUT2D eigenvalue weighted by molar-refractivity contribution is -0.121. The Labute approximate surface area is 135 Å². The number of carbonyl (C=O) groups is 1. The maximum atomic E-state index is 12.3. The fraction of sp³-hybridized carbons (Fsp3) is 0.588. The first kappa shape index (κ1) is 15.8. The van der Waals surface area contributed by atoms with Crippen LogP contribution in [0.3, 0.4) is 0 Å². The number of nitrogens with one attached hydrogen (secondary N) is 1. The normalized spacial score (nSPS) is 23.4. The average molecular weight is 385 g/mol. The number of amides is 1. The van der Waals surface area contributed by atoms with E-state index in [-0.39, 0.29) is 11.8 Å². The van der Waals surface area contributed by atoms with E-state index in [0.29, 0.717) is 5.41 Å². The second kappa shape index (κ2) is 6.46. The lowest BCUT2D eigenvalue weighted by atomic mass is 9.69. The number of hydrogen-bond acceptors (Lipinski definition) is 1. The molecule has 0 saturated heterocycles. The van der Waals surface area contributed by atoms with Crippen molar-refractivity contribution in [1.82, 2.24) is 0 Å². The quantitative estimate of drug-likeness (QED) is 0.707. The summed E-state index contributed by atoms with van der Waals surface area (Å²) in [4.78, 5) is 12.3. The number of carbonyl (C=O) groups excluding carboxylic acids is 1. The Morgan fingerprint density at radius 1 is 1.10 bits per heavy atom. The van der Waals surface area contributed by atoms with Crippen LogP contribution in [-0.4, -0.2) is 5.91 Å². The van der Waals surface area contributed by atoms with Crippen LogP contribution in [0.15, 0.2) is 24.3 Å². The van der Waals surface area contributed by atoms with Crippen LogP contribution in [-0.2, 0) is 4.79 Å². The van der Waals surface area contributed by atoms with E-state index < -0.39 is 0 Å². The van der Waals surface area contributed by atoms with Gasteiger partial charge >= 0.3 is 0 Å². The van der Waals surface area contributed by atoms with Crippen molar-refractivity contribution in [2.24, 2.45) is 17.3 Å². The highest BCUT2D eigenvalue weighted by Gasteiger charge is 2.32. The van der Waals surface area contributed by atoms with Crippen molar-refractivity contribution in [2.75, 3.05) is 5.32 Å². The summed E-state index contributed by atoms with van der Waals surface area (Å²) >= 11 is 2.27. The predicted molar refractivity (Wildman–Crippen MR) is 92.7 cm³/mol. The van der Waals surface area contributed by atoms with Crippen LogP contribution in [0.1, 0.15) is 46.5 Å². The van der Waals surface area contributed by atoms with Gasteiger partial charge in [0.15, 0.2) is 0 Å². The summed E-state index contributed by atoms with van der Waals surface area (Å²) in [7, 11) is 0. The van der Waals surface area contributed by atoms with Crippen LogP contribution >= 0.6 is 22.6 Å². The number of anilines is 1. The van der Waals surface area contributed by atoms with Crippen LogP contribution in [0.5, 0.6) is 0 Å². The summed E-state index contributed by atoms with van der Waals surface area (Å²) in [5.74, 6) is 1.14. The topological polar surface area (TPSA) is 29.1 Å². The van der Waals surface area contributed by atoms with Gasteiger partial charge in [0.2, 0.25) is 5.91 Å². The molecule has 110 valence electrons. The summed E-state index contributed by atoms with van der Waals surface area (Å²) in [5, 5.41) is 3.05. The predicted octanol–water partition coefficient (Wildman–Crippen LogP) is 5.08. The number of halogens is 1. The Bertz CT molecular complexity index is 453. The van der Waals surface area contributed by atoms with Gasteiger partial charge in [-0.25, -0.2) is 0 Å². The Hall–Kier alpha value is -0.580. The van der Waals surface area contributed by atoms with Gasteiger partial charge in [0, 0.05) is 15.2 Å². The molecule has 1 aromatic carbocycles. The van der Waals surface area contributed by atoms with Gasteiger partial charge in [0.25, 0.3) is 0 Å². The van der Waals surface area contributed by atoms with E-state index in [2.05, 4.69) is 48.7 Å². The smallest absolute Gasteiger partial charge is 0.227 e. The highest BCUT2D eigenvalue weighted by Crippen LogP contribution is 2.40. The third-order valence-electron chi connectivity index (χ3n) is 4.43. The molecule has 1 N–H and O–H groups in total. The van der Waals surface area contributed by atoms with Gasteiger partial charge in [-0.15, -0.1) is 0 Å². The highest BCUT2D eigenvalue weighted by atomic mass is 127. The molecule has 1 aliphatic carbocycles. The van der Waals surface area contributed by atoms with Gasteiger partial charge in [-0.2, -0.15) is 0 Å². The van der Waals surface area contributed by atoms with Crippen molar-refractivity contribution in [1.29, 1.82) is 0 Å².